The van der Waals surface area contributed by atoms with Crippen molar-refractivity contribution in [1.29, 1.82) is 0 Å². The number of thiocarbonyl (C=S) groups is 1. The minimum absolute atomic E-state index is 0.862. The minimum Gasteiger partial charge on any atom is -0.291 e. The van der Waals surface area contributed by atoms with Crippen molar-refractivity contribution < 1.29 is 4.57 Å². The summed E-state index contributed by atoms with van der Waals surface area (Å²) in [5.41, 5.74) is 0. The summed E-state index contributed by atoms with van der Waals surface area (Å²) >= 11 is 6.98. The average molecular weight is 267 g/mol. The van der Waals surface area contributed by atoms with Gasteiger partial charge in [0, 0.05) is 18.1 Å². The highest BCUT2D eigenvalue weighted by molar-refractivity contribution is 8.23. The first-order valence-corrected chi connectivity index (χ1v) is 6.81. The molecule has 2 rings (SSSR count). The Kier molecular flexibility index (Phi) is 4.33. The maximum absolute atomic E-state index is 5.28. The fourth-order valence-corrected chi connectivity index (χ4v) is 2.55. The summed E-state index contributed by atoms with van der Waals surface area (Å²) in [7, 11) is 2.03. The fourth-order valence-electron chi connectivity index (χ4n) is 1.48. The van der Waals surface area contributed by atoms with E-state index >= 15 is 0 Å². The second-order valence-corrected chi connectivity index (χ2v) is 5.48. The first kappa shape index (κ1) is 12.3. The van der Waals surface area contributed by atoms with Crippen LogP contribution in [0.25, 0.3) is 0 Å². The van der Waals surface area contributed by atoms with E-state index in [1.54, 1.807) is 24.3 Å². The lowest BCUT2D eigenvalue weighted by molar-refractivity contribution is -0.671. The number of hydrogen-bond acceptors (Lipinski definition) is 3. The van der Waals surface area contributed by atoms with Crippen LogP contribution in [0.4, 0.5) is 0 Å². The van der Waals surface area contributed by atoms with E-state index in [0.717, 1.165) is 23.0 Å². The molecule has 0 unspecified atom stereocenters. The summed E-state index contributed by atoms with van der Waals surface area (Å²) in [5, 5.41) is 0. The molecule has 0 bridgehead atoms. The molecular weight excluding hydrogens is 252 g/mol. The molecule has 0 radical (unpaired) electrons. The summed E-state index contributed by atoms with van der Waals surface area (Å²) < 4.78 is 6.96. The third kappa shape index (κ3) is 3.67. The standard InChI is InChI=1S/C11H15N4S2/c1-13-6-7-14(10-13)4-2-8-17-11(16)15-5-3-12-9-15/h3,5-7,9-10H,2,4,8H2,1H3/q+1. The molecule has 0 fully saturated rings. The van der Waals surface area contributed by atoms with E-state index < -0.39 is 0 Å². The molecule has 0 atom stereocenters. The van der Waals surface area contributed by atoms with Gasteiger partial charge in [0.2, 0.25) is 6.33 Å². The Balaban J connectivity index is 1.68. The van der Waals surface area contributed by atoms with E-state index in [4.69, 9.17) is 12.2 Å². The normalized spacial score (nSPS) is 10.6. The molecule has 2 heterocycles. The van der Waals surface area contributed by atoms with Crippen LogP contribution in [0.5, 0.6) is 0 Å². The molecule has 0 N–H and O–H groups in total. The fraction of sp³-hybridized carbons (Fsp3) is 0.364. The SMILES string of the molecule is C[n+]1ccn(CCCSC(=S)n2ccnc2)c1. The van der Waals surface area contributed by atoms with Crippen molar-refractivity contribution in [2.75, 3.05) is 5.75 Å². The van der Waals surface area contributed by atoms with Crippen molar-refractivity contribution in [1.82, 2.24) is 14.1 Å². The van der Waals surface area contributed by atoms with Crippen molar-refractivity contribution >= 4 is 28.3 Å². The summed E-state index contributed by atoms with van der Waals surface area (Å²) in [5.74, 6) is 1.03. The van der Waals surface area contributed by atoms with Gasteiger partial charge in [-0.3, -0.25) is 4.57 Å². The Bertz CT molecular complexity index is 475. The molecule has 2 aromatic heterocycles. The van der Waals surface area contributed by atoms with E-state index in [2.05, 4.69) is 22.1 Å². The third-order valence-corrected chi connectivity index (χ3v) is 3.84. The summed E-state index contributed by atoms with van der Waals surface area (Å²) in [6.07, 6.45) is 12.7. The van der Waals surface area contributed by atoms with Gasteiger partial charge in [-0.05, 0) is 6.42 Å². The zero-order valence-electron chi connectivity index (χ0n) is 9.69. The van der Waals surface area contributed by atoms with E-state index in [1.807, 2.05) is 28.6 Å². The highest BCUT2D eigenvalue weighted by Crippen LogP contribution is 2.09. The molecule has 0 aromatic carbocycles. The lowest BCUT2D eigenvalue weighted by Crippen LogP contribution is -2.23. The van der Waals surface area contributed by atoms with Crippen LogP contribution >= 0.6 is 24.0 Å². The largest absolute Gasteiger partial charge is 0.291 e. The van der Waals surface area contributed by atoms with Gasteiger partial charge in [-0.15, -0.1) is 0 Å². The Labute approximate surface area is 110 Å². The van der Waals surface area contributed by atoms with Crippen molar-refractivity contribution in [2.45, 2.75) is 13.0 Å². The first-order valence-electron chi connectivity index (χ1n) is 5.42. The predicted molar refractivity (Wildman–Crippen MR) is 72.9 cm³/mol. The van der Waals surface area contributed by atoms with E-state index in [9.17, 15) is 0 Å². The van der Waals surface area contributed by atoms with Crippen molar-refractivity contribution in [3.63, 3.8) is 0 Å². The van der Waals surface area contributed by atoms with Gasteiger partial charge in [0.1, 0.15) is 23.0 Å². The number of thioether (sulfide) groups is 1. The maximum Gasteiger partial charge on any atom is 0.243 e. The average Bonchev–Trinajstić information content (AvgIpc) is 2.95. The molecule has 4 nitrogen and oxygen atoms in total. The van der Waals surface area contributed by atoms with Crippen LogP contribution < -0.4 is 4.57 Å². The molecule has 0 amide bonds. The van der Waals surface area contributed by atoms with Gasteiger partial charge in [0.15, 0.2) is 0 Å². The molecule has 90 valence electrons. The van der Waals surface area contributed by atoms with Crippen LogP contribution in [-0.2, 0) is 13.6 Å². The molecule has 17 heavy (non-hydrogen) atoms. The molecule has 6 heteroatoms. The van der Waals surface area contributed by atoms with Gasteiger partial charge in [-0.25, -0.2) is 14.1 Å². The van der Waals surface area contributed by atoms with Crippen molar-refractivity contribution in [3.8, 4) is 0 Å². The lowest BCUT2D eigenvalue weighted by atomic mass is 10.5. The van der Waals surface area contributed by atoms with Gasteiger partial charge < -0.3 is 0 Å². The van der Waals surface area contributed by atoms with E-state index in [0.29, 0.717) is 0 Å². The van der Waals surface area contributed by atoms with E-state index in [-0.39, 0.29) is 0 Å². The van der Waals surface area contributed by atoms with Gasteiger partial charge in [0.05, 0.1) is 13.6 Å². The summed E-state index contributed by atoms with van der Waals surface area (Å²) in [4.78, 5) is 3.98. The highest BCUT2D eigenvalue weighted by Gasteiger charge is 2.02. The molecule has 2 aromatic rings. The van der Waals surface area contributed by atoms with Crippen molar-refractivity contribution in [3.05, 3.63) is 37.4 Å². The zero-order chi connectivity index (χ0) is 12.1. The Morgan fingerprint density at radius 2 is 2.35 bits per heavy atom. The Morgan fingerprint density at radius 1 is 1.47 bits per heavy atom. The van der Waals surface area contributed by atoms with Crippen LogP contribution in [-0.4, -0.2) is 24.2 Å². The molecular formula is C11H15N4S2+. The smallest absolute Gasteiger partial charge is 0.243 e. The molecule has 0 aliphatic carbocycles. The predicted octanol–water partition coefficient (Wildman–Crippen LogP) is 1.47. The lowest BCUT2D eigenvalue weighted by Gasteiger charge is -2.02. The number of aryl methyl sites for hydroxylation is 2. The second-order valence-electron chi connectivity index (χ2n) is 3.75. The summed E-state index contributed by atoms with van der Waals surface area (Å²) in [6.45, 7) is 1.03. The molecule has 0 aliphatic rings. The summed E-state index contributed by atoms with van der Waals surface area (Å²) in [6, 6.07) is 0. The molecule has 0 aliphatic heterocycles. The number of rotatable bonds is 4. The van der Waals surface area contributed by atoms with Crippen LogP contribution in [0.3, 0.4) is 0 Å². The number of aromatic nitrogens is 4. The van der Waals surface area contributed by atoms with Crippen LogP contribution in [0.1, 0.15) is 6.42 Å². The number of nitrogens with zero attached hydrogens (tertiary/aromatic N) is 4. The molecule has 0 spiro atoms. The van der Waals surface area contributed by atoms with Gasteiger partial charge in [-0.1, -0.05) is 24.0 Å². The van der Waals surface area contributed by atoms with Crippen LogP contribution in [0.2, 0.25) is 0 Å². The topological polar surface area (TPSA) is 26.6 Å². The second kappa shape index (κ2) is 5.97. The third-order valence-electron chi connectivity index (χ3n) is 2.33. The minimum atomic E-state index is 0.862. The van der Waals surface area contributed by atoms with E-state index in [1.165, 1.54) is 0 Å². The maximum atomic E-state index is 5.28. The monoisotopic (exact) mass is 267 g/mol. The highest BCUT2D eigenvalue weighted by atomic mass is 32.2. The molecule has 0 saturated carbocycles. The number of imidazole rings is 2. The Hall–Kier alpha value is -1.14. The number of hydrogen-bond donors (Lipinski definition) is 0. The first-order chi connectivity index (χ1) is 8.25. The van der Waals surface area contributed by atoms with Gasteiger partial charge >= 0.3 is 0 Å². The van der Waals surface area contributed by atoms with Crippen LogP contribution in [0, 0.1) is 0 Å². The zero-order valence-corrected chi connectivity index (χ0v) is 11.3. The molecule has 0 saturated heterocycles. The van der Waals surface area contributed by atoms with Gasteiger partial charge in [-0.2, -0.15) is 0 Å². The van der Waals surface area contributed by atoms with Gasteiger partial charge in [0.25, 0.3) is 0 Å². The Morgan fingerprint density at radius 3 is 3.00 bits per heavy atom. The van der Waals surface area contributed by atoms with Crippen LogP contribution in [0.15, 0.2) is 37.4 Å². The quantitative estimate of drug-likeness (QED) is 0.477. The van der Waals surface area contributed by atoms with Crippen molar-refractivity contribution in [2.24, 2.45) is 7.05 Å².